The van der Waals surface area contributed by atoms with E-state index in [9.17, 15) is 19.5 Å². The van der Waals surface area contributed by atoms with Gasteiger partial charge < -0.3 is 28.8 Å². The monoisotopic (exact) mass is 624 g/mol. The number of benzene rings is 2. The van der Waals surface area contributed by atoms with E-state index in [4.69, 9.17) is 23.7 Å². The number of aryl methyl sites for hydroxylation is 1. The topological polar surface area (TPSA) is 124 Å². The molecule has 234 valence electrons. The standard InChI is InChI=1S/C32H36N2O9S/c1-7-33-12-32(5)9-17-8-14(2)26(39-6)25(37)20(17)23(33)24-30-22-21(18(34(24)32)10-40-31(38)19(36)11-44-30)29-28(41-13-42-29)15(3)27(22)43-16(4)35/h8,18,23-24,30,37H,7,9-13H2,1-6H3/t18-,23-,24+,30+,32?/m0/s1. The molecule has 8 rings (SSSR count). The fraction of sp³-hybridized carbons (Fsp3) is 0.531. The van der Waals surface area contributed by atoms with Gasteiger partial charge in [-0.15, -0.1) is 11.8 Å². The molecule has 6 aliphatic rings. The molecule has 6 atom stereocenters. The third-order valence-electron chi connectivity index (χ3n) is 9.82. The van der Waals surface area contributed by atoms with E-state index in [2.05, 4.69) is 29.7 Å². The number of nitrogens with zero attached hydrogens (tertiary/aromatic N) is 2. The first-order valence-corrected chi connectivity index (χ1v) is 15.9. The number of esters is 2. The Bertz CT molecular complexity index is 1630. The lowest BCUT2D eigenvalue weighted by Gasteiger charge is -2.61. The van der Waals surface area contributed by atoms with Crippen LogP contribution in [0.4, 0.5) is 0 Å². The molecular formula is C32H36N2O9S. The molecule has 0 amide bonds. The highest BCUT2D eigenvalue weighted by molar-refractivity contribution is 8.00. The summed E-state index contributed by atoms with van der Waals surface area (Å²) in [6.07, 6.45) is 0.614. The molecule has 0 spiro atoms. The third kappa shape index (κ3) is 3.99. The van der Waals surface area contributed by atoms with E-state index in [-0.39, 0.29) is 37.0 Å². The quantitative estimate of drug-likeness (QED) is 0.304. The highest BCUT2D eigenvalue weighted by Gasteiger charge is 2.62. The van der Waals surface area contributed by atoms with Gasteiger partial charge in [0.25, 0.3) is 0 Å². The van der Waals surface area contributed by atoms with Crippen LogP contribution in [0.3, 0.4) is 0 Å². The van der Waals surface area contributed by atoms with Gasteiger partial charge in [-0.25, -0.2) is 4.79 Å². The number of carbonyl (C=O) groups is 3. The molecule has 0 saturated carbocycles. The number of piperazine rings is 1. The highest BCUT2D eigenvalue weighted by Crippen LogP contribution is 2.65. The maximum absolute atomic E-state index is 13.0. The number of thioether (sulfide) groups is 1. The molecule has 0 aromatic heterocycles. The van der Waals surface area contributed by atoms with E-state index in [1.165, 1.54) is 18.7 Å². The molecule has 2 unspecified atom stereocenters. The Hall–Kier alpha value is -3.48. The lowest BCUT2D eigenvalue weighted by Crippen LogP contribution is -2.69. The number of fused-ring (bicyclic) bond motifs is 6. The number of ketones is 1. The van der Waals surface area contributed by atoms with Crippen LogP contribution in [0.1, 0.15) is 71.5 Å². The summed E-state index contributed by atoms with van der Waals surface area (Å²) >= 11 is 1.33. The van der Waals surface area contributed by atoms with Gasteiger partial charge in [0.15, 0.2) is 23.0 Å². The number of hydrogen-bond acceptors (Lipinski definition) is 12. The van der Waals surface area contributed by atoms with Crippen molar-refractivity contribution in [1.82, 2.24) is 9.80 Å². The predicted molar refractivity (Wildman–Crippen MR) is 160 cm³/mol. The van der Waals surface area contributed by atoms with E-state index >= 15 is 0 Å². The van der Waals surface area contributed by atoms with E-state index in [1.807, 2.05) is 13.8 Å². The molecule has 1 N–H and O–H groups in total. The minimum Gasteiger partial charge on any atom is -0.504 e. The number of likely N-dealkylation sites (N-methyl/N-ethyl adjacent to an activating group) is 1. The first kappa shape index (κ1) is 29.2. The molecule has 2 aromatic carbocycles. The van der Waals surface area contributed by atoms with Gasteiger partial charge in [-0.3, -0.25) is 19.4 Å². The summed E-state index contributed by atoms with van der Waals surface area (Å²) in [4.78, 5) is 43.2. The zero-order chi connectivity index (χ0) is 31.2. The summed E-state index contributed by atoms with van der Waals surface area (Å²) in [5, 5.41) is 11.4. The van der Waals surface area contributed by atoms with E-state index in [0.717, 1.165) is 27.8 Å². The molecule has 2 saturated heterocycles. The average molecular weight is 625 g/mol. The molecule has 6 aliphatic heterocycles. The Morgan fingerprint density at radius 1 is 1.14 bits per heavy atom. The number of Topliss-reactive ketones (excluding diaryl/α,β-unsaturated/α-hetero) is 1. The zero-order valence-electron chi connectivity index (χ0n) is 25.6. The van der Waals surface area contributed by atoms with Crippen LogP contribution in [-0.2, 0) is 25.5 Å². The second-order valence-electron chi connectivity index (χ2n) is 12.4. The first-order valence-electron chi connectivity index (χ1n) is 14.9. The van der Waals surface area contributed by atoms with Crippen molar-refractivity contribution in [1.29, 1.82) is 0 Å². The summed E-state index contributed by atoms with van der Waals surface area (Å²) in [5.41, 5.74) is 4.27. The number of phenols is 1. The van der Waals surface area contributed by atoms with Gasteiger partial charge in [-0.1, -0.05) is 13.0 Å². The minimum absolute atomic E-state index is 0.000258. The fourth-order valence-electron chi connectivity index (χ4n) is 8.37. The number of aromatic hydroxyl groups is 1. The molecule has 44 heavy (non-hydrogen) atoms. The third-order valence-corrected chi connectivity index (χ3v) is 11.1. The molecule has 6 heterocycles. The number of phenolic OH excluding ortho intramolecular Hbond substituents is 1. The van der Waals surface area contributed by atoms with Crippen molar-refractivity contribution >= 4 is 29.5 Å². The van der Waals surface area contributed by atoms with Gasteiger partial charge in [0.05, 0.1) is 30.2 Å². The van der Waals surface area contributed by atoms with Crippen LogP contribution in [0.15, 0.2) is 6.07 Å². The summed E-state index contributed by atoms with van der Waals surface area (Å²) < 4.78 is 29.5. The molecule has 2 aromatic rings. The Labute approximate surface area is 259 Å². The fourth-order valence-corrected chi connectivity index (χ4v) is 9.70. The van der Waals surface area contributed by atoms with Crippen LogP contribution in [-0.4, -0.2) is 83.6 Å². The summed E-state index contributed by atoms with van der Waals surface area (Å²) in [6, 6.07) is 0.896. The van der Waals surface area contributed by atoms with Gasteiger partial charge in [-0.2, -0.15) is 0 Å². The number of hydrogen-bond donors (Lipinski definition) is 1. The van der Waals surface area contributed by atoms with Crippen molar-refractivity contribution in [2.24, 2.45) is 0 Å². The minimum atomic E-state index is -0.870. The largest absolute Gasteiger partial charge is 0.504 e. The first-order chi connectivity index (χ1) is 21.0. The molecule has 4 bridgehead atoms. The van der Waals surface area contributed by atoms with Crippen LogP contribution in [0.25, 0.3) is 0 Å². The maximum atomic E-state index is 13.0. The Balaban J connectivity index is 1.58. The average Bonchev–Trinajstić information content (AvgIpc) is 3.38. The van der Waals surface area contributed by atoms with Crippen LogP contribution in [0.2, 0.25) is 0 Å². The molecule has 0 radical (unpaired) electrons. The number of rotatable bonds is 3. The van der Waals surface area contributed by atoms with Crippen LogP contribution < -0.4 is 18.9 Å². The normalized spacial score (nSPS) is 30.2. The van der Waals surface area contributed by atoms with Crippen molar-refractivity contribution in [3.8, 4) is 28.7 Å². The van der Waals surface area contributed by atoms with Crippen molar-refractivity contribution in [2.75, 3.05) is 39.4 Å². The smallest absolute Gasteiger partial charge is 0.375 e. The zero-order valence-corrected chi connectivity index (χ0v) is 26.5. The number of methoxy groups -OCH3 is 1. The second kappa shape index (κ2) is 10.3. The Kier molecular flexibility index (Phi) is 6.83. The summed E-state index contributed by atoms with van der Waals surface area (Å²) in [7, 11) is 1.56. The highest BCUT2D eigenvalue weighted by atomic mass is 32.2. The molecule has 12 heteroatoms. The maximum Gasteiger partial charge on any atom is 0.375 e. The van der Waals surface area contributed by atoms with Crippen molar-refractivity contribution < 1.29 is 43.2 Å². The predicted octanol–water partition coefficient (Wildman–Crippen LogP) is 3.69. The van der Waals surface area contributed by atoms with Crippen LogP contribution in [0.5, 0.6) is 28.7 Å². The summed E-state index contributed by atoms with van der Waals surface area (Å²) in [6.45, 7) is 10.7. The van der Waals surface area contributed by atoms with Gasteiger partial charge >= 0.3 is 11.9 Å². The Morgan fingerprint density at radius 3 is 2.59 bits per heavy atom. The van der Waals surface area contributed by atoms with Crippen molar-refractivity contribution in [3.63, 3.8) is 0 Å². The van der Waals surface area contributed by atoms with E-state index in [1.54, 1.807) is 7.11 Å². The molecule has 11 nitrogen and oxygen atoms in total. The van der Waals surface area contributed by atoms with Crippen LogP contribution in [0, 0.1) is 13.8 Å². The molecular weight excluding hydrogens is 588 g/mol. The van der Waals surface area contributed by atoms with Gasteiger partial charge in [0.2, 0.25) is 12.6 Å². The lowest BCUT2D eigenvalue weighted by atomic mass is 9.76. The van der Waals surface area contributed by atoms with Gasteiger partial charge in [0, 0.05) is 47.3 Å². The van der Waals surface area contributed by atoms with E-state index in [0.29, 0.717) is 48.1 Å². The molecule has 0 aliphatic carbocycles. The van der Waals surface area contributed by atoms with E-state index < -0.39 is 34.6 Å². The van der Waals surface area contributed by atoms with Crippen LogP contribution >= 0.6 is 11.8 Å². The van der Waals surface area contributed by atoms with Gasteiger partial charge in [-0.05, 0) is 44.9 Å². The Morgan fingerprint density at radius 2 is 1.89 bits per heavy atom. The number of cyclic esters (lactones) is 1. The number of carbonyl (C=O) groups excluding carboxylic acids is 3. The molecule has 2 fully saturated rings. The van der Waals surface area contributed by atoms with Crippen molar-refractivity contribution in [2.45, 2.75) is 70.0 Å². The number of ether oxygens (including phenoxy) is 5. The van der Waals surface area contributed by atoms with Crippen molar-refractivity contribution in [3.05, 3.63) is 39.4 Å². The second-order valence-corrected chi connectivity index (χ2v) is 13.6. The lowest BCUT2D eigenvalue weighted by molar-refractivity contribution is -0.159. The SMILES string of the molecule is CCN1CC2(C)Cc3cc(C)c(OC)c(O)c3[C@H]1[C@@H]1[C@@H]3SCC(=O)C(=O)OC[C@@H](c4c5c(c(C)c(OC(C)=O)c43)OCO5)N12. The van der Waals surface area contributed by atoms with Gasteiger partial charge in [0.1, 0.15) is 12.4 Å². The summed E-state index contributed by atoms with van der Waals surface area (Å²) in [5.74, 6) is -0.157.